The summed E-state index contributed by atoms with van der Waals surface area (Å²) in [5, 5.41) is 3.60. The molecule has 0 radical (unpaired) electrons. The van der Waals surface area contributed by atoms with Crippen LogP contribution in [0.4, 0.5) is 0 Å². The summed E-state index contributed by atoms with van der Waals surface area (Å²) in [6.07, 6.45) is 9.96. The van der Waals surface area contributed by atoms with Crippen molar-refractivity contribution in [2.75, 3.05) is 0 Å². The lowest BCUT2D eigenvalue weighted by Gasteiger charge is -2.13. The fraction of sp³-hybridized carbons (Fsp3) is 0.444. The standard InChI is InChI=1S/C9H11NOS/c11-9(7-4-5-7)12-8-3-1-2-6-10-8/h1-3,6-8,10H,4-5H2. The van der Waals surface area contributed by atoms with Gasteiger partial charge in [-0.1, -0.05) is 23.9 Å². The third-order valence-electron chi connectivity index (χ3n) is 1.91. The van der Waals surface area contributed by atoms with Gasteiger partial charge in [0.05, 0.1) is 5.37 Å². The predicted molar refractivity (Wildman–Crippen MR) is 50.5 cm³/mol. The molecule has 3 heteroatoms. The van der Waals surface area contributed by atoms with Gasteiger partial charge in [0.15, 0.2) is 5.12 Å². The number of hydrogen-bond acceptors (Lipinski definition) is 3. The van der Waals surface area contributed by atoms with Crippen molar-refractivity contribution in [3.8, 4) is 0 Å². The third-order valence-corrected chi connectivity index (χ3v) is 3.02. The molecule has 1 fully saturated rings. The zero-order valence-electron chi connectivity index (χ0n) is 6.69. The average Bonchev–Trinajstić information content (AvgIpc) is 2.88. The van der Waals surface area contributed by atoms with Crippen molar-refractivity contribution >= 4 is 16.9 Å². The molecule has 2 nitrogen and oxygen atoms in total. The summed E-state index contributed by atoms with van der Waals surface area (Å²) in [6, 6.07) is 0. The first-order valence-electron chi connectivity index (χ1n) is 4.16. The number of hydrogen-bond donors (Lipinski definition) is 1. The molecule has 0 saturated heterocycles. The molecule has 0 amide bonds. The van der Waals surface area contributed by atoms with Crippen LogP contribution >= 0.6 is 11.8 Å². The highest BCUT2D eigenvalue weighted by molar-refractivity contribution is 8.14. The average molecular weight is 181 g/mol. The molecule has 0 aromatic heterocycles. The van der Waals surface area contributed by atoms with Gasteiger partial charge >= 0.3 is 0 Å². The summed E-state index contributed by atoms with van der Waals surface area (Å²) < 4.78 is 0. The van der Waals surface area contributed by atoms with Gasteiger partial charge < -0.3 is 5.32 Å². The maximum Gasteiger partial charge on any atom is 0.194 e. The van der Waals surface area contributed by atoms with Gasteiger partial charge in [-0.15, -0.1) is 0 Å². The lowest BCUT2D eigenvalue weighted by molar-refractivity contribution is -0.112. The van der Waals surface area contributed by atoms with E-state index in [0.717, 1.165) is 12.8 Å². The number of thioether (sulfide) groups is 1. The molecule has 1 unspecified atom stereocenters. The quantitative estimate of drug-likeness (QED) is 0.702. The highest BCUT2D eigenvalue weighted by Crippen LogP contribution is 2.35. The zero-order chi connectivity index (χ0) is 8.39. The fourth-order valence-corrected chi connectivity index (χ4v) is 2.03. The number of allylic oxidation sites excluding steroid dienone is 2. The predicted octanol–water partition coefficient (Wildman–Crippen LogP) is 1.66. The Labute approximate surface area is 76.1 Å². The molecule has 0 aromatic carbocycles. The fourth-order valence-electron chi connectivity index (χ4n) is 1.04. The summed E-state index contributed by atoms with van der Waals surface area (Å²) in [7, 11) is 0. The SMILES string of the molecule is O=C(SC1C=CC=CN1)C1CC1. The number of dihydropyridines is 1. The lowest BCUT2D eigenvalue weighted by Crippen LogP contribution is -2.21. The lowest BCUT2D eigenvalue weighted by atomic mass is 10.4. The van der Waals surface area contributed by atoms with E-state index >= 15 is 0 Å². The Bertz CT molecular complexity index is 243. The van der Waals surface area contributed by atoms with E-state index in [4.69, 9.17) is 0 Å². The van der Waals surface area contributed by atoms with Crippen LogP contribution in [0.1, 0.15) is 12.8 Å². The summed E-state index contributed by atoms with van der Waals surface area (Å²) in [5.41, 5.74) is 0. The van der Waals surface area contributed by atoms with E-state index < -0.39 is 0 Å². The highest BCUT2D eigenvalue weighted by Gasteiger charge is 2.31. The van der Waals surface area contributed by atoms with Crippen molar-refractivity contribution in [2.24, 2.45) is 5.92 Å². The molecule has 1 saturated carbocycles. The second-order valence-corrected chi connectivity index (χ2v) is 4.19. The molecule has 0 aromatic rings. The Kier molecular flexibility index (Phi) is 2.21. The minimum atomic E-state index is 0.156. The van der Waals surface area contributed by atoms with Crippen molar-refractivity contribution in [1.82, 2.24) is 5.32 Å². The molecule has 1 aliphatic carbocycles. The maximum absolute atomic E-state index is 11.3. The summed E-state index contributed by atoms with van der Waals surface area (Å²) in [5.74, 6) is 0.358. The van der Waals surface area contributed by atoms with E-state index in [1.54, 1.807) is 0 Å². The molecule has 64 valence electrons. The van der Waals surface area contributed by atoms with Crippen LogP contribution in [0.2, 0.25) is 0 Å². The van der Waals surface area contributed by atoms with E-state index in [1.807, 2.05) is 24.4 Å². The molecule has 2 aliphatic rings. The Morgan fingerprint density at radius 3 is 2.83 bits per heavy atom. The first kappa shape index (κ1) is 7.92. The summed E-state index contributed by atoms with van der Waals surface area (Å²) >= 11 is 1.40. The molecule has 0 bridgehead atoms. The minimum Gasteiger partial charge on any atom is -0.376 e. The van der Waals surface area contributed by atoms with Crippen molar-refractivity contribution in [3.05, 3.63) is 24.4 Å². The molecule has 1 N–H and O–H groups in total. The number of nitrogens with one attached hydrogen (secondary N) is 1. The van der Waals surface area contributed by atoms with E-state index in [-0.39, 0.29) is 5.37 Å². The van der Waals surface area contributed by atoms with E-state index in [9.17, 15) is 4.79 Å². The van der Waals surface area contributed by atoms with Crippen LogP contribution in [-0.2, 0) is 4.79 Å². The van der Waals surface area contributed by atoms with Crippen LogP contribution in [0.3, 0.4) is 0 Å². The largest absolute Gasteiger partial charge is 0.376 e. The van der Waals surface area contributed by atoms with Gasteiger partial charge in [-0.2, -0.15) is 0 Å². The molecule has 1 heterocycles. The van der Waals surface area contributed by atoms with Crippen LogP contribution in [0.15, 0.2) is 24.4 Å². The smallest absolute Gasteiger partial charge is 0.194 e. The molecule has 2 rings (SSSR count). The Balaban J connectivity index is 1.82. The molecular formula is C9H11NOS. The van der Waals surface area contributed by atoms with E-state index in [2.05, 4.69) is 5.32 Å². The summed E-state index contributed by atoms with van der Waals surface area (Å²) in [6.45, 7) is 0. The monoisotopic (exact) mass is 181 g/mol. The van der Waals surface area contributed by atoms with Crippen LogP contribution in [0.25, 0.3) is 0 Å². The zero-order valence-corrected chi connectivity index (χ0v) is 7.51. The topological polar surface area (TPSA) is 29.1 Å². The van der Waals surface area contributed by atoms with Crippen molar-refractivity contribution < 1.29 is 4.79 Å². The molecule has 1 atom stereocenters. The third kappa shape index (κ3) is 1.91. The molecule has 0 spiro atoms. The van der Waals surface area contributed by atoms with E-state index in [1.165, 1.54) is 11.8 Å². The van der Waals surface area contributed by atoms with Gasteiger partial charge in [-0.05, 0) is 25.1 Å². The first-order chi connectivity index (χ1) is 5.86. The minimum absolute atomic E-state index is 0.156. The van der Waals surface area contributed by atoms with Gasteiger partial charge in [-0.25, -0.2) is 0 Å². The highest BCUT2D eigenvalue weighted by atomic mass is 32.2. The summed E-state index contributed by atoms with van der Waals surface area (Å²) in [4.78, 5) is 11.3. The normalized spacial score (nSPS) is 26.8. The van der Waals surface area contributed by atoms with E-state index in [0.29, 0.717) is 11.0 Å². The number of rotatable bonds is 2. The second-order valence-electron chi connectivity index (χ2n) is 3.04. The van der Waals surface area contributed by atoms with Crippen LogP contribution in [0.5, 0.6) is 0 Å². The Morgan fingerprint density at radius 2 is 2.25 bits per heavy atom. The van der Waals surface area contributed by atoms with Gasteiger partial charge in [0, 0.05) is 5.92 Å². The first-order valence-corrected chi connectivity index (χ1v) is 5.04. The van der Waals surface area contributed by atoms with Gasteiger partial charge in [0.1, 0.15) is 0 Å². The van der Waals surface area contributed by atoms with Crippen LogP contribution < -0.4 is 5.32 Å². The van der Waals surface area contributed by atoms with Crippen molar-refractivity contribution in [3.63, 3.8) is 0 Å². The van der Waals surface area contributed by atoms with Crippen LogP contribution in [-0.4, -0.2) is 10.5 Å². The number of carbonyl (C=O) groups excluding carboxylic acids is 1. The van der Waals surface area contributed by atoms with Crippen molar-refractivity contribution in [1.29, 1.82) is 0 Å². The Hall–Kier alpha value is -0.700. The molecular weight excluding hydrogens is 170 g/mol. The Morgan fingerprint density at radius 1 is 1.42 bits per heavy atom. The van der Waals surface area contributed by atoms with Crippen molar-refractivity contribution in [2.45, 2.75) is 18.2 Å². The molecule has 1 aliphatic heterocycles. The number of carbonyl (C=O) groups is 1. The van der Waals surface area contributed by atoms with Crippen LogP contribution in [0, 0.1) is 5.92 Å². The van der Waals surface area contributed by atoms with Gasteiger partial charge in [0.25, 0.3) is 0 Å². The molecule has 12 heavy (non-hydrogen) atoms. The second kappa shape index (κ2) is 3.35. The maximum atomic E-state index is 11.3. The van der Waals surface area contributed by atoms with Gasteiger partial charge in [-0.3, -0.25) is 4.79 Å². The van der Waals surface area contributed by atoms with Gasteiger partial charge in [0.2, 0.25) is 0 Å².